The van der Waals surface area contributed by atoms with Gasteiger partial charge in [0.2, 0.25) is 0 Å². The van der Waals surface area contributed by atoms with Gasteiger partial charge in [-0.25, -0.2) is 14.7 Å². The molecule has 2 heterocycles. The first kappa shape index (κ1) is 19.1. The predicted octanol–water partition coefficient (Wildman–Crippen LogP) is 2.48. The second-order valence-electron chi connectivity index (χ2n) is 5.38. The van der Waals surface area contributed by atoms with Gasteiger partial charge in [-0.2, -0.15) is 5.10 Å². The highest BCUT2D eigenvalue weighted by atomic mass is 127. The van der Waals surface area contributed by atoms with Crippen molar-refractivity contribution in [3.8, 4) is 5.82 Å². The Bertz CT molecular complexity index is 687. The van der Waals surface area contributed by atoms with Crippen molar-refractivity contribution in [2.45, 2.75) is 27.3 Å². The molecule has 0 spiro atoms. The van der Waals surface area contributed by atoms with E-state index in [1.54, 1.807) is 6.20 Å². The number of aryl methyl sites for hydroxylation is 2. The van der Waals surface area contributed by atoms with Gasteiger partial charge in [0, 0.05) is 18.4 Å². The Morgan fingerprint density at radius 3 is 2.65 bits per heavy atom. The summed E-state index contributed by atoms with van der Waals surface area (Å²) in [4.78, 5) is 8.70. The third kappa shape index (κ3) is 5.66. The summed E-state index contributed by atoms with van der Waals surface area (Å²) in [6.07, 6.45) is 1.79. The fourth-order valence-corrected chi connectivity index (χ4v) is 1.97. The van der Waals surface area contributed by atoms with Gasteiger partial charge in [-0.3, -0.25) is 0 Å². The molecule has 2 aromatic heterocycles. The first-order valence-corrected chi connectivity index (χ1v) is 7.12. The SMILES string of the molecule is C=C(C)CNC(N)=NCc1ccc(-n2nc(C)cc2C)nc1.I. The second-order valence-corrected chi connectivity index (χ2v) is 5.38. The number of hydrogen-bond donors (Lipinski definition) is 2. The Labute approximate surface area is 153 Å². The quantitative estimate of drug-likeness (QED) is 0.333. The maximum atomic E-state index is 5.78. The van der Waals surface area contributed by atoms with Crippen molar-refractivity contribution in [3.05, 3.63) is 53.5 Å². The molecule has 0 bridgehead atoms. The monoisotopic (exact) mass is 426 g/mol. The van der Waals surface area contributed by atoms with E-state index in [4.69, 9.17) is 5.73 Å². The minimum absolute atomic E-state index is 0. The summed E-state index contributed by atoms with van der Waals surface area (Å²) in [5, 5.41) is 7.41. The Balaban J connectivity index is 0.00000264. The average molecular weight is 426 g/mol. The summed E-state index contributed by atoms with van der Waals surface area (Å²) in [5.74, 6) is 1.21. The molecule has 7 heteroatoms. The predicted molar refractivity (Wildman–Crippen MR) is 104 cm³/mol. The Kier molecular flexibility index (Phi) is 7.21. The highest BCUT2D eigenvalue weighted by Crippen LogP contribution is 2.10. The molecule has 2 rings (SSSR count). The number of aromatic nitrogens is 3. The third-order valence-electron chi connectivity index (χ3n) is 3.04. The van der Waals surface area contributed by atoms with Crippen molar-refractivity contribution in [3.63, 3.8) is 0 Å². The largest absolute Gasteiger partial charge is 0.370 e. The summed E-state index contributed by atoms with van der Waals surface area (Å²) in [5.41, 5.74) is 9.81. The molecule has 0 aliphatic carbocycles. The molecule has 0 aliphatic rings. The summed E-state index contributed by atoms with van der Waals surface area (Å²) in [6, 6.07) is 5.93. The summed E-state index contributed by atoms with van der Waals surface area (Å²) in [6.45, 7) is 10.8. The number of nitrogens with one attached hydrogen (secondary N) is 1. The van der Waals surface area contributed by atoms with E-state index in [1.165, 1.54) is 0 Å². The fraction of sp³-hybridized carbons (Fsp3) is 0.312. The van der Waals surface area contributed by atoms with Crippen LogP contribution in [0, 0.1) is 13.8 Å². The average Bonchev–Trinajstić information content (AvgIpc) is 2.82. The summed E-state index contributed by atoms with van der Waals surface area (Å²) < 4.78 is 1.82. The van der Waals surface area contributed by atoms with Crippen LogP contribution in [0.4, 0.5) is 0 Å². The van der Waals surface area contributed by atoms with Crippen molar-refractivity contribution in [1.29, 1.82) is 0 Å². The van der Waals surface area contributed by atoms with Crippen LogP contribution in [0.15, 0.2) is 41.5 Å². The van der Waals surface area contributed by atoms with E-state index in [0.717, 1.165) is 28.3 Å². The lowest BCUT2D eigenvalue weighted by molar-refractivity contribution is 0.803. The molecule has 0 saturated carbocycles. The van der Waals surface area contributed by atoms with Gasteiger partial charge in [0.25, 0.3) is 0 Å². The van der Waals surface area contributed by atoms with Crippen molar-refractivity contribution >= 4 is 29.9 Å². The van der Waals surface area contributed by atoms with Gasteiger partial charge in [-0.05, 0) is 38.5 Å². The lowest BCUT2D eigenvalue weighted by atomic mass is 10.3. The molecular weight excluding hydrogens is 403 g/mol. The van der Waals surface area contributed by atoms with Crippen molar-refractivity contribution in [2.75, 3.05) is 6.54 Å². The first-order chi connectivity index (χ1) is 10.5. The maximum absolute atomic E-state index is 5.78. The zero-order chi connectivity index (χ0) is 16.1. The van der Waals surface area contributed by atoms with Gasteiger partial charge in [0.05, 0.1) is 12.2 Å². The molecule has 6 nitrogen and oxygen atoms in total. The van der Waals surface area contributed by atoms with Gasteiger partial charge in [0.1, 0.15) is 0 Å². The van der Waals surface area contributed by atoms with E-state index in [0.29, 0.717) is 19.0 Å². The number of nitrogens with two attached hydrogens (primary N) is 1. The van der Waals surface area contributed by atoms with E-state index in [-0.39, 0.29) is 24.0 Å². The number of guanidine groups is 1. The van der Waals surface area contributed by atoms with Gasteiger partial charge in [-0.1, -0.05) is 18.2 Å². The normalized spacial score (nSPS) is 11.0. The van der Waals surface area contributed by atoms with E-state index in [1.807, 2.05) is 43.7 Å². The van der Waals surface area contributed by atoms with Gasteiger partial charge in [-0.15, -0.1) is 24.0 Å². The molecule has 124 valence electrons. The maximum Gasteiger partial charge on any atom is 0.189 e. The van der Waals surface area contributed by atoms with Crippen LogP contribution in [-0.2, 0) is 6.54 Å². The van der Waals surface area contributed by atoms with Crippen molar-refractivity contribution in [2.24, 2.45) is 10.7 Å². The van der Waals surface area contributed by atoms with Gasteiger partial charge < -0.3 is 11.1 Å². The molecule has 3 N–H and O–H groups in total. The topological polar surface area (TPSA) is 81.1 Å². The second kappa shape index (κ2) is 8.66. The molecular formula is C16H23IN6. The molecule has 0 fully saturated rings. The minimum atomic E-state index is 0. The van der Waals surface area contributed by atoms with E-state index in [2.05, 4.69) is 27.0 Å². The molecule has 0 aromatic carbocycles. The van der Waals surface area contributed by atoms with Crippen LogP contribution in [0.3, 0.4) is 0 Å². The van der Waals surface area contributed by atoms with Crippen LogP contribution >= 0.6 is 24.0 Å². The molecule has 0 aliphatic heterocycles. The van der Waals surface area contributed by atoms with Gasteiger partial charge in [0.15, 0.2) is 11.8 Å². The number of aliphatic imine (C=N–C) groups is 1. The number of pyridine rings is 1. The highest BCUT2D eigenvalue weighted by Gasteiger charge is 2.04. The van der Waals surface area contributed by atoms with E-state index in [9.17, 15) is 0 Å². The van der Waals surface area contributed by atoms with Crippen LogP contribution < -0.4 is 11.1 Å². The Morgan fingerprint density at radius 2 is 2.13 bits per heavy atom. The van der Waals surface area contributed by atoms with Crippen LogP contribution in [0.25, 0.3) is 5.82 Å². The van der Waals surface area contributed by atoms with E-state index >= 15 is 0 Å². The minimum Gasteiger partial charge on any atom is -0.370 e. The highest BCUT2D eigenvalue weighted by molar-refractivity contribution is 14.0. The Hall–Kier alpha value is -1.90. The zero-order valence-corrected chi connectivity index (χ0v) is 16.0. The number of rotatable bonds is 5. The number of halogens is 1. The van der Waals surface area contributed by atoms with E-state index < -0.39 is 0 Å². The number of nitrogens with zero attached hydrogens (tertiary/aromatic N) is 4. The molecule has 0 unspecified atom stereocenters. The third-order valence-corrected chi connectivity index (χ3v) is 3.04. The molecule has 23 heavy (non-hydrogen) atoms. The van der Waals surface area contributed by atoms with Crippen molar-refractivity contribution < 1.29 is 0 Å². The number of hydrogen-bond acceptors (Lipinski definition) is 3. The Morgan fingerprint density at radius 1 is 1.39 bits per heavy atom. The van der Waals surface area contributed by atoms with Crippen LogP contribution in [0.5, 0.6) is 0 Å². The lowest BCUT2D eigenvalue weighted by Gasteiger charge is -2.06. The summed E-state index contributed by atoms with van der Waals surface area (Å²) in [7, 11) is 0. The molecule has 2 aromatic rings. The van der Waals surface area contributed by atoms with Gasteiger partial charge >= 0.3 is 0 Å². The van der Waals surface area contributed by atoms with Crippen LogP contribution in [0.2, 0.25) is 0 Å². The fourth-order valence-electron chi connectivity index (χ4n) is 1.97. The zero-order valence-electron chi connectivity index (χ0n) is 13.7. The van der Waals surface area contributed by atoms with Crippen LogP contribution in [0.1, 0.15) is 23.9 Å². The molecule has 0 radical (unpaired) electrons. The standard InChI is InChI=1S/C16H22N6.HI/c1-11(2)8-19-16(17)20-10-14-5-6-15(18-9-14)22-13(4)7-12(3)21-22;/h5-7,9H,1,8,10H2,2-4H3,(H3,17,19,20);1H. The molecule has 0 saturated heterocycles. The molecule has 0 atom stereocenters. The molecule has 0 amide bonds. The summed E-state index contributed by atoms with van der Waals surface area (Å²) >= 11 is 0. The van der Waals surface area contributed by atoms with Crippen molar-refractivity contribution in [1.82, 2.24) is 20.1 Å². The lowest BCUT2D eigenvalue weighted by Crippen LogP contribution is -2.32. The smallest absolute Gasteiger partial charge is 0.189 e. The first-order valence-electron chi connectivity index (χ1n) is 7.12. The van der Waals surface area contributed by atoms with Crippen LogP contribution in [-0.4, -0.2) is 27.3 Å².